The van der Waals surface area contributed by atoms with Crippen molar-refractivity contribution in [1.82, 2.24) is 9.13 Å². The first-order valence-electron chi connectivity index (χ1n) is 9.39. The van der Waals surface area contributed by atoms with Crippen molar-refractivity contribution >= 4 is 34.9 Å². The quantitative estimate of drug-likeness (QED) is 0.236. The van der Waals surface area contributed by atoms with Crippen molar-refractivity contribution in [1.29, 1.82) is 0 Å². The Morgan fingerprint density at radius 1 is 1.15 bits per heavy atom. The first kappa shape index (κ1) is 23.4. The fourth-order valence-electron chi connectivity index (χ4n) is 3.03. The normalized spacial score (nSPS) is 10.6. The Labute approximate surface area is 190 Å². The van der Waals surface area contributed by atoms with Crippen LogP contribution >= 0.6 is 11.6 Å². The summed E-state index contributed by atoms with van der Waals surface area (Å²) in [5, 5.41) is 10.8. The Hall–Kier alpha value is -4.25. The average molecular weight is 473 g/mol. The third-order valence-corrected chi connectivity index (χ3v) is 5.08. The zero-order chi connectivity index (χ0) is 24.3. The number of hydrogen-bond acceptors (Lipinski definition) is 8. The summed E-state index contributed by atoms with van der Waals surface area (Å²) in [6, 6.07) is 12.0. The summed E-state index contributed by atoms with van der Waals surface area (Å²) in [7, 11) is 1.20. The van der Waals surface area contributed by atoms with Crippen LogP contribution in [0.5, 0.6) is 0 Å². The third kappa shape index (κ3) is 4.83. The molecular formula is C21H17ClN4O7. The molecule has 1 heterocycles. The van der Waals surface area contributed by atoms with Gasteiger partial charge in [0.2, 0.25) is 5.78 Å². The molecule has 33 heavy (non-hydrogen) atoms. The number of nitro benzene ring substituents is 1. The minimum Gasteiger partial charge on any atom is -0.454 e. The summed E-state index contributed by atoms with van der Waals surface area (Å²) >= 11 is 5.71. The van der Waals surface area contributed by atoms with Gasteiger partial charge >= 0.3 is 11.7 Å². The van der Waals surface area contributed by atoms with Crippen molar-refractivity contribution in [3.8, 4) is 0 Å². The number of nitrogen functional groups attached to an aromatic ring is 1. The summed E-state index contributed by atoms with van der Waals surface area (Å²) in [5.41, 5.74) is 3.80. The van der Waals surface area contributed by atoms with E-state index in [-0.39, 0.29) is 22.9 Å². The van der Waals surface area contributed by atoms with Gasteiger partial charge in [0.05, 0.1) is 17.0 Å². The van der Waals surface area contributed by atoms with Crippen LogP contribution < -0.4 is 17.0 Å². The minimum atomic E-state index is -1.05. The van der Waals surface area contributed by atoms with Gasteiger partial charge in [-0.25, -0.2) is 9.59 Å². The molecule has 2 aromatic carbocycles. The topological polar surface area (TPSA) is 157 Å². The van der Waals surface area contributed by atoms with Crippen LogP contribution in [0.1, 0.15) is 26.3 Å². The maximum absolute atomic E-state index is 12.7. The third-order valence-electron chi connectivity index (χ3n) is 4.76. The molecule has 1 aromatic heterocycles. The van der Waals surface area contributed by atoms with Crippen molar-refractivity contribution in [2.24, 2.45) is 7.05 Å². The van der Waals surface area contributed by atoms with Crippen LogP contribution in [-0.2, 0) is 18.3 Å². The molecule has 0 radical (unpaired) electrons. The molecule has 0 aliphatic heterocycles. The molecule has 3 rings (SSSR count). The number of aromatic nitrogens is 2. The van der Waals surface area contributed by atoms with E-state index >= 15 is 0 Å². The lowest BCUT2D eigenvalue weighted by molar-refractivity contribution is -0.384. The zero-order valence-electron chi connectivity index (χ0n) is 17.2. The van der Waals surface area contributed by atoms with Gasteiger partial charge in [-0.05, 0) is 17.7 Å². The Balaban J connectivity index is 1.87. The lowest BCUT2D eigenvalue weighted by Gasteiger charge is -2.14. The molecule has 0 amide bonds. The Morgan fingerprint density at radius 2 is 1.82 bits per heavy atom. The molecule has 12 heteroatoms. The Bertz CT molecular complexity index is 1380. The highest BCUT2D eigenvalue weighted by Gasteiger charge is 2.24. The highest BCUT2D eigenvalue weighted by atomic mass is 35.5. The van der Waals surface area contributed by atoms with E-state index in [4.69, 9.17) is 22.1 Å². The highest BCUT2D eigenvalue weighted by Crippen LogP contribution is 2.25. The van der Waals surface area contributed by atoms with Crippen LogP contribution in [0.25, 0.3) is 0 Å². The standard InChI is InChI=1S/C21H17ClN4O7/c1-24-19(28)17(18(23)25(21(24)30)10-12-5-3-2-4-6-12)16(27)11-33-20(29)13-7-8-14(22)15(9-13)26(31)32/h2-9H,10-11,23H2,1H3. The second-order valence-electron chi connectivity index (χ2n) is 6.90. The van der Waals surface area contributed by atoms with E-state index in [9.17, 15) is 29.3 Å². The number of ketones is 1. The number of nitro groups is 1. The van der Waals surface area contributed by atoms with E-state index in [0.29, 0.717) is 5.56 Å². The SMILES string of the molecule is Cn1c(=O)c(C(=O)COC(=O)c2ccc(Cl)c([N+](=O)[O-])c2)c(N)n(Cc2ccccc2)c1=O. The van der Waals surface area contributed by atoms with Crippen LogP contribution in [0.4, 0.5) is 11.5 Å². The molecule has 0 bridgehead atoms. The number of nitrogens with zero attached hydrogens (tertiary/aromatic N) is 3. The summed E-state index contributed by atoms with van der Waals surface area (Å²) < 4.78 is 6.71. The van der Waals surface area contributed by atoms with E-state index in [1.54, 1.807) is 30.3 Å². The van der Waals surface area contributed by atoms with E-state index in [2.05, 4.69) is 0 Å². The molecule has 0 spiro atoms. The predicted octanol–water partition coefficient (Wildman–Crippen LogP) is 1.78. The Morgan fingerprint density at radius 3 is 2.45 bits per heavy atom. The lowest BCUT2D eigenvalue weighted by atomic mass is 10.1. The van der Waals surface area contributed by atoms with Crippen LogP contribution in [-0.4, -0.2) is 32.4 Å². The minimum absolute atomic E-state index is 0.00807. The van der Waals surface area contributed by atoms with Crippen LogP contribution in [0.15, 0.2) is 58.1 Å². The summed E-state index contributed by atoms with van der Waals surface area (Å²) in [5.74, 6) is -2.35. The zero-order valence-corrected chi connectivity index (χ0v) is 17.9. The average Bonchev–Trinajstić information content (AvgIpc) is 2.79. The molecule has 3 aromatic rings. The first-order chi connectivity index (χ1) is 15.6. The van der Waals surface area contributed by atoms with Gasteiger partial charge in [-0.1, -0.05) is 41.9 Å². The molecule has 0 fully saturated rings. The highest BCUT2D eigenvalue weighted by molar-refractivity contribution is 6.32. The fraction of sp³-hybridized carbons (Fsp3) is 0.143. The number of esters is 1. The number of rotatable bonds is 7. The number of hydrogen-bond donors (Lipinski definition) is 1. The van der Waals surface area contributed by atoms with Crippen molar-refractivity contribution in [2.45, 2.75) is 6.54 Å². The number of Topliss-reactive ketones (excluding diaryl/α,β-unsaturated/α-hetero) is 1. The number of ether oxygens (including phenoxy) is 1. The molecule has 0 saturated carbocycles. The number of carbonyl (C=O) groups is 2. The first-order valence-corrected chi connectivity index (χ1v) is 9.77. The van der Waals surface area contributed by atoms with Crippen molar-refractivity contribution in [3.05, 3.63) is 101 Å². The van der Waals surface area contributed by atoms with Crippen LogP contribution in [0.3, 0.4) is 0 Å². The van der Waals surface area contributed by atoms with E-state index in [1.807, 2.05) is 0 Å². The number of halogens is 1. The maximum atomic E-state index is 12.7. The molecule has 11 nitrogen and oxygen atoms in total. The summed E-state index contributed by atoms with van der Waals surface area (Å²) in [4.78, 5) is 60.3. The summed E-state index contributed by atoms with van der Waals surface area (Å²) in [6.45, 7) is -0.869. The predicted molar refractivity (Wildman–Crippen MR) is 119 cm³/mol. The molecule has 0 aliphatic rings. The maximum Gasteiger partial charge on any atom is 0.338 e. The second-order valence-corrected chi connectivity index (χ2v) is 7.31. The van der Waals surface area contributed by atoms with Gasteiger partial charge in [0.15, 0.2) is 6.61 Å². The van der Waals surface area contributed by atoms with Crippen molar-refractivity contribution in [2.75, 3.05) is 12.3 Å². The van der Waals surface area contributed by atoms with Gasteiger partial charge in [-0.15, -0.1) is 0 Å². The van der Waals surface area contributed by atoms with Crippen molar-refractivity contribution in [3.63, 3.8) is 0 Å². The van der Waals surface area contributed by atoms with Gasteiger partial charge < -0.3 is 10.5 Å². The fourth-order valence-corrected chi connectivity index (χ4v) is 3.22. The van der Waals surface area contributed by atoms with E-state index in [1.165, 1.54) is 13.1 Å². The van der Waals surface area contributed by atoms with Gasteiger partial charge in [0.1, 0.15) is 16.4 Å². The smallest absolute Gasteiger partial charge is 0.338 e. The van der Waals surface area contributed by atoms with E-state index in [0.717, 1.165) is 21.3 Å². The lowest BCUT2D eigenvalue weighted by Crippen LogP contribution is -2.43. The van der Waals surface area contributed by atoms with E-state index < -0.39 is 45.8 Å². The molecule has 2 N–H and O–H groups in total. The van der Waals surface area contributed by atoms with Crippen LogP contribution in [0, 0.1) is 10.1 Å². The molecule has 0 saturated heterocycles. The molecule has 170 valence electrons. The molecular weight excluding hydrogens is 456 g/mol. The largest absolute Gasteiger partial charge is 0.454 e. The van der Waals surface area contributed by atoms with Gasteiger partial charge in [0, 0.05) is 13.1 Å². The number of benzene rings is 2. The van der Waals surface area contributed by atoms with Crippen molar-refractivity contribution < 1.29 is 19.2 Å². The number of carbonyl (C=O) groups excluding carboxylic acids is 2. The van der Waals surface area contributed by atoms with Crippen LogP contribution in [0.2, 0.25) is 5.02 Å². The molecule has 0 atom stereocenters. The monoisotopic (exact) mass is 472 g/mol. The van der Waals surface area contributed by atoms with Gasteiger partial charge in [-0.2, -0.15) is 0 Å². The second kappa shape index (κ2) is 9.49. The number of anilines is 1. The summed E-state index contributed by atoms with van der Waals surface area (Å²) in [6.07, 6.45) is 0. The Kier molecular flexibility index (Phi) is 6.73. The molecule has 0 aliphatic carbocycles. The van der Waals surface area contributed by atoms with Gasteiger partial charge in [0.25, 0.3) is 11.2 Å². The molecule has 0 unspecified atom stereocenters. The number of nitrogens with two attached hydrogens (primary N) is 1. The van der Waals surface area contributed by atoms with Gasteiger partial charge in [-0.3, -0.25) is 28.8 Å².